The lowest BCUT2D eigenvalue weighted by molar-refractivity contribution is -0.149. The number of aliphatic hydroxyl groups is 1. The minimum atomic E-state index is -1.24. The van der Waals surface area contributed by atoms with Crippen LogP contribution in [0.5, 0.6) is 0 Å². The highest BCUT2D eigenvalue weighted by molar-refractivity contribution is 5.16. The number of nitrogens with one attached hydrogen (secondary N) is 1. The number of aromatic amines is 1. The van der Waals surface area contributed by atoms with Crippen LogP contribution >= 0.6 is 0 Å². The second kappa shape index (κ2) is 11.0. The quantitative estimate of drug-likeness (QED) is 0.435. The van der Waals surface area contributed by atoms with Gasteiger partial charge in [-0.1, -0.05) is 66.7 Å². The van der Waals surface area contributed by atoms with Gasteiger partial charge in [0, 0.05) is 11.8 Å². The molecule has 2 N–H and O–H groups in total. The predicted octanol–water partition coefficient (Wildman–Crippen LogP) is 2.85. The molecule has 4 atom stereocenters. The molecule has 0 spiro atoms. The number of hydrogen-bond donors (Lipinski definition) is 2. The Hall–Kier alpha value is -3.30. The molecule has 1 unspecified atom stereocenters. The average molecular weight is 479 g/mol. The fourth-order valence-corrected chi connectivity index (χ4v) is 4.33. The first-order valence-electron chi connectivity index (χ1n) is 11.5. The Morgan fingerprint density at radius 2 is 1.71 bits per heavy atom. The van der Waals surface area contributed by atoms with Gasteiger partial charge in [0.2, 0.25) is 0 Å². The standard InChI is InChI=1S/C27H30N2O6/c1-3-14-27(34-17-21-12-8-5-9-13-21)22(18-33-16-20-10-6-4-7-11-20)35-25(23(27)30)29-15-19(2)24(31)28-26(29)32/h3-13,15,22-23,25,30H,1,14,16-18H2,2H3,(H,28,31,32)/t22-,23+,25?,27-/m1/s1. The molecule has 3 aromatic rings. The molecule has 35 heavy (non-hydrogen) atoms. The lowest BCUT2D eigenvalue weighted by Gasteiger charge is -2.35. The van der Waals surface area contributed by atoms with E-state index in [1.54, 1.807) is 13.0 Å². The van der Waals surface area contributed by atoms with Crippen molar-refractivity contribution in [2.45, 2.75) is 50.6 Å². The molecule has 2 heterocycles. The topological polar surface area (TPSA) is 103 Å². The fourth-order valence-electron chi connectivity index (χ4n) is 4.33. The molecule has 4 rings (SSSR count). The fraction of sp³-hybridized carbons (Fsp3) is 0.333. The highest BCUT2D eigenvalue weighted by Gasteiger charge is 2.57. The molecule has 1 aliphatic rings. The summed E-state index contributed by atoms with van der Waals surface area (Å²) in [7, 11) is 0. The second-order valence-electron chi connectivity index (χ2n) is 8.66. The monoisotopic (exact) mass is 478 g/mol. The number of aliphatic hydroxyl groups excluding tert-OH is 1. The zero-order valence-corrected chi connectivity index (χ0v) is 19.6. The summed E-state index contributed by atoms with van der Waals surface area (Å²) in [6.07, 6.45) is 0.264. The second-order valence-corrected chi connectivity index (χ2v) is 8.66. The summed E-state index contributed by atoms with van der Waals surface area (Å²) in [5.74, 6) is 0. The Bertz CT molecular complexity index is 1240. The first kappa shape index (κ1) is 24.8. The SMILES string of the molecule is C=CC[C@@]1(OCc2ccccc2)[C@@H](COCc2ccccc2)OC(n2cc(C)c(=O)[nH]c2=O)[C@@H]1O. The third-order valence-electron chi connectivity index (χ3n) is 6.23. The number of hydrogen-bond acceptors (Lipinski definition) is 6. The van der Waals surface area contributed by atoms with E-state index in [9.17, 15) is 14.7 Å². The van der Waals surface area contributed by atoms with Crippen molar-refractivity contribution in [1.29, 1.82) is 0 Å². The van der Waals surface area contributed by atoms with E-state index in [1.807, 2.05) is 60.7 Å². The van der Waals surface area contributed by atoms with Crippen molar-refractivity contribution in [2.75, 3.05) is 6.61 Å². The molecule has 1 aromatic heterocycles. The highest BCUT2D eigenvalue weighted by atomic mass is 16.6. The lowest BCUT2D eigenvalue weighted by atomic mass is 9.88. The molecular formula is C27H30N2O6. The van der Waals surface area contributed by atoms with Crippen LogP contribution in [0.4, 0.5) is 0 Å². The summed E-state index contributed by atoms with van der Waals surface area (Å²) in [4.78, 5) is 26.8. The van der Waals surface area contributed by atoms with Gasteiger partial charge in [-0.15, -0.1) is 6.58 Å². The van der Waals surface area contributed by atoms with Crippen LogP contribution in [0.1, 0.15) is 29.3 Å². The zero-order valence-electron chi connectivity index (χ0n) is 19.6. The van der Waals surface area contributed by atoms with Gasteiger partial charge in [-0.25, -0.2) is 4.79 Å². The normalized spacial score (nSPS) is 23.9. The average Bonchev–Trinajstić information content (AvgIpc) is 3.13. The van der Waals surface area contributed by atoms with Gasteiger partial charge >= 0.3 is 5.69 Å². The molecule has 0 bridgehead atoms. The summed E-state index contributed by atoms with van der Waals surface area (Å²) in [5.41, 5.74) is -0.154. The summed E-state index contributed by atoms with van der Waals surface area (Å²) >= 11 is 0. The van der Waals surface area contributed by atoms with E-state index < -0.39 is 35.3 Å². The van der Waals surface area contributed by atoms with E-state index in [4.69, 9.17) is 14.2 Å². The molecule has 0 aliphatic carbocycles. The third-order valence-corrected chi connectivity index (χ3v) is 6.23. The van der Waals surface area contributed by atoms with E-state index in [0.717, 1.165) is 11.1 Å². The minimum absolute atomic E-state index is 0.113. The van der Waals surface area contributed by atoms with Gasteiger partial charge < -0.3 is 19.3 Å². The van der Waals surface area contributed by atoms with Gasteiger partial charge in [-0.2, -0.15) is 0 Å². The molecule has 0 amide bonds. The summed E-state index contributed by atoms with van der Waals surface area (Å²) in [5, 5.41) is 11.5. The summed E-state index contributed by atoms with van der Waals surface area (Å²) in [6, 6.07) is 19.3. The van der Waals surface area contributed by atoms with Crippen molar-refractivity contribution in [3.63, 3.8) is 0 Å². The molecule has 2 aromatic carbocycles. The maximum Gasteiger partial charge on any atom is 0.330 e. The Kier molecular flexibility index (Phi) is 7.77. The van der Waals surface area contributed by atoms with Gasteiger partial charge in [-0.3, -0.25) is 14.3 Å². The van der Waals surface area contributed by atoms with Gasteiger partial charge in [0.05, 0.1) is 19.8 Å². The first-order chi connectivity index (χ1) is 16.9. The molecule has 1 saturated heterocycles. The number of nitrogens with zero attached hydrogens (tertiary/aromatic N) is 1. The van der Waals surface area contributed by atoms with Crippen LogP contribution in [-0.4, -0.2) is 39.1 Å². The highest BCUT2D eigenvalue weighted by Crippen LogP contribution is 2.43. The third kappa shape index (κ3) is 5.36. The van der Waals surface area contributed by atoms with Gasteiger partial charge in [-0.05, 0) is 24.5 Å². The van der Waals surface area contributed by atoms with Crippen LogP contribution in [0.25, 0.3) is 0 Å². The molecule has 184 valence electrons. The zero-order chi connectivity index (χ0) is 24.8. The van der Waals surface area contributed by atoms with Gasteiger partial charge in [0.25, 0.3) is 5.56 Å². The smallest absolute Gasteiger partial charge is 0.330 e. The van der Waals surface area contributed by atoms with Crippen LogP contribution in [0, 0.1) is 6.92 Å². The number of benzene rings is 2. The van der Waals surface area contributed by atoms with Crippen molar-refractivity contribution in [2.24, 2.45) is 0 Å². The van der Waals surface area contributed by atoms with Crippen LogP contribution in [0.15, 0.2) is 89.1 Å². The number of ether oxygens (including phenoxy) is 3. The molecule has 0 radical (unpaired) electrons. The summed E-state index contributed by atoms with van der Waals surface area (Å²) < 4.78 is 19.8. The van der Waals surface area contributed by atoms with Crippen molar-refractivity contribution < 1.29 is 19.3 Å². The van der Waals surface area contributed by atoms with E-state index in [-0.39, 0.29) is 19.6 Å². The van der Waals surface area contributed by atoms with Gasteiger partial charge in [0.1, 0.15) is 17.8 Å². The van der Waals surface area contributed by atoms with E-state index in [0.29, 0.717) is 12.2 Å². The Morgan fingerprint density at radius 1 is 1.09 bits per heavy atom. The number of aromatic nitrogens is 2. The minimum Gasteiger partial charge on any atom is -0.385 e. The maximum absolute atomic E-state index is 12.6. The number of H-pyrrole nitrogens is 1. The van der Waals surface area contributed by atoms with Crippen LogP contribution < -0.4 is 11.2 Å². The Morgan fingerprint density at radius 3 is 2.34 bits per heavy atom. The molecule has 1 fully saturated rings. The van der Waals surface area contributed by atoms with Crippen molar-refractivity contribution >= 4 is 0 Å². The molecule has 8 heteroatoms. The largest absolute Gasteiger partial charge is 0.385 e. The van der Waals surface area contributed by atoms with Crippen molar-refractivity contribution in [3.05, 3.63) is 117 Å². The predicted molar refractivity (Wildman–Crippen MR) is 131 cm³/mol. The van der Waals surface area contributed by atoms with Crippen LogP contribution in [-0.2, 0) is 27.4 Å². The first-order valence-corrected chi connectivity index (χ1v) is 11.5. The Labute approximate surface area is 203 Å². The molecule has 1 aliphatic heterocycles. The number of aryl methyl sites for hydroxylation is 1. The lowest BCUT2D eigenvalue weighted by Crippen LogP contribution is -2.51. The van der Waals surface area contributed by atoms with Crippen molar-refractivity contribution in [1.82, 2.24) is 9.55 Å². The molecule has 0 saturated carbocycles. The Balaban J connectivity index is 1.64. The maximum atomic E-state index is 12.6. The number of rotatable bonds is 10. The molecular weight excluding hydrogens is 448 g/mol. The van der Waals surface area contributed by atoms with E-state index in [1.165, 1.54) is 10.8 Å². The molecule has 8 nitrogen and oxygen atoms in total. The van der Waals surface area contributed by atoms with E-state index >= 15 is 0 Å². The summed E-state index contributed by atoms with van der Waals surface area (Å²) in [6.45, 7) is 6.12. The van der Waals surface area contributed by atoms with Crippen LogP contribution in [0.2, 0.25) is 0 Å². The van der Waals surface area contributed by atoms with E-state index in [2.05, 4.69) is 11.6 Å². The van der Waals surface area contributed by atoms with Crippen LogP contribution in [0.3, 0.4) is 0 Å². The van der Waals surface area contributed by atoms with Gasteiger partial charge in [0.15, 0.2) is 6.23 Å². The van der Waals surface area contributed by atoms with Crippen molar-refractivity contribution in [3.8, 4) is 0 Å².